The van der Waals surface area contributed by atoms with Crippen molar-refractivity contribution in [2.24, 2.45) is 25.9 Å². The zero-order valence-electron chi connectivity index (χ0n) is 58.2. The molecule has 99 heavy (non-hydrogen) atoms. The van der Waals surface area contributed by atoms with Gasteiger partial charge in [-0.1, -0.05) is 97.8 Å². The van der Waals surface area contributed by atoms with Crippen LogP contribution in [0.15, 0.2) is 34.4 Å². The van der Waals surface area contributed by atoms with Gasteiger partial charge in [-0.05, 0) is 122 Å². The summed E-state index contributed by atoms with van der Waals surface area (Å²) in [5, 5.41) is 39.6. The Morgan fingerprint density at radius 3 is 1.33 bits per heavy atom. The lowest BCUT2D eigenvalue weighted by Gasteiger charge is -2.37. The second kappa shape index (κ2) is 48.3. The molecule has 7 atom stereocenters. The van der Waals surface area contributed by atoms with E-state index in [2.05, 4.69) is 30.6 Å². The van der Waals surface area contributed by atoms with Crippen molar-refractivity contribution < 1.29 is 82.2 Å². The molecule has 0 radical (unpaired) electrons. The number of isocyanates is 4. The number of benzene rings is 1. The molecule has 2 saturated carbocycles. The SMILES string of the molecule is CCCCCC(N=C=O)n1c(=O)n(CCCCCCN=C=O)c(=O)n(CCCCCCNC(=O)OC2CCC(C(=O)OC3CCC(OC(=O)CC)C(OC(=O)NCCCCCCc4c(O)c(CCCCCCN=C=O)c(O)c(CCCCCCN=C=O)c4O)C3)CC2OC(=O)CC)c1=O. The molecule has 2 aromatic rings. The predicted molar refractivity (Wildman–Crippen MR) is 362 cm³/mol. The van der Waals surface area contributed by atoms with Crippen LogP contribution in [-0.2, 0) is 89.6 Å². The maximum absolute atomic E-state index is 13.9. The van der Waals surface area contributed by atoms with E-state index in [1.54, 1.807) is 13.8 Å². The van der Waals surface area contributed by atoms with Crippen LogP contribution >= 0.6 is 0 Å². The van der Waals surface area contributed by atoms with Crippen molar-refractivity contribution in [3.05, 3.63) is 48.1 Å². The molecular weight excluding hydrogens is 1290 g/mol. The second-order valence-corrected chi connectivity index (χ2v) is 25.3. The van der Waals surface area contributed by atoms with Crippen molar-refractivity contribution in [2.45, 2.75) is 295 Å². The Hall–Kier alpha value is -8.50. The number of rotatable bonds is 49. The topological polar surface area (TPSA) is 400 Å². The van der Waals surface area contributed by atoms with Gasteiger partial charge in [0.15, 0.2) is 0 Å². The van der Waals surface area contributed by atoms with Gasteiger partial charge in [-0.15, -0.1) is 0 Å². The van der Waals surface area contributed by atoms with E-state index in [1.807, 2.05) is 6.92 Å². The number of aromatic hydroxyl groups is 3. The highest BCUT2D eigenvalue weighted by molar-refractivity contribution is 5.74. The van der Waals surface area contributed by atoms with E-state index in [4.69, 9.17) is 23.7 Å². The lowest BCUT2D eigenvalue weighted by atomic mass is 9.84. The molecule has 1 heterocycles. The van der Waals surface area contributed by atoms with Crippen molar-refractivity contribution >= 4 is 54.4 Å². The number of aromatic nitrogens is 3. The number of amides is 2. The van der Waals surface area contributed by atoms with Gasteiger partial charge in [0.05, 0.1) is 25.6 Å². The molecule has 2 aliphatic carbocycles. The molecule has 29 heteroatoms. The first-order chi connectivity index (χ1) is 48.0. The van der Waals surface area contributed by atoms with Gasteiger partial charge in [-0.2, -0.15) is 4.99 Å². The summed E-state index contributed by atoms with van der Waals surface area (Å²) in [6.45, 7) is 6.75. The van der Waals surface area contributed by atoms with Gasteiger partial charge in [-0.25, -0.2) is 71.8 Å². The zero-order valence-corrected chi connectivity index (χ0v) is 58.2. The monoisotopic (exact) mass is 1390 g/mol. The van der Waals surface area contributed by atoms with Crippen LogP contribution in [0.5, 0.6) is 17.2 Å². The largest absolute Gasteiger partial charge is 0.507 e. The van der Waals surface area contributed by atoms with Crippen molar-refractivity contribution in [1.29, 1.82) is 0 Å². The number of esters is 3. The molecule has 0 aliphatic heterocycles. The molecule has 1 aromatic carbocycles. The molecule has 2 fully saturated rings. The molecule has 7 unspecified atom stereocenters. The summed E-state index contributed by atoms with van der Waals surface area (Å²) in [5.41, 5.74) is -1.36. The lowest BCUT2D eigenvalue weighted by molar-refractivity contribution is -0.175. The molecule has 550 valence electrons. The summed E-state index contributed by atoms with van der Waals surface area (Å²) in [5.74, 6) is -2.76. The van der Waals surface area contributed by atoms with Crippen LogP contribution in [0.3, 0.4) is 0 Å². The number of hydrogen-bond donors (Lipinski definition) is 5. The average molecular weight is 1390 g/mol. The number of nitrogens with zero attached hydrogens (tertiary/aromatic N) is 7. The van der Waals surface area contributed by atoms with Crippen LogP contribution in [-0.4, -0.2) is 147 Å². The molecule has 5 N–H and O–H groups in total. The third-order valence-electron chi connectivity index (χ3n) is 18.0. The molecule has 29 nitrogen and oxygen atoms in total. The Morgan fingerprint density at radius 2 is 0.879 bits per heavy atom. The fraction of sp³-hybridized carbons (Fsp3) is 0.743. The van der Waals surface area contributed by atoms with Crippen molar-refractivity contribution in [3.63, 3.8) is 0 Å². The van der Waals surface area contributed by atoms with E-state index in [9.17, 15) is 72.9 Å². The Kier molecular flexibility index (Phi) is 40.4. The van der Waals surface area contributed by atoms with Crippen LogP contribution in [0.25, 0.3) is 0 Å². The number of phenols is 3. The number of carbonyl (C=O) groups excluding carboxylic acids is 9. The molecular formula is C70H105N9O20. The highest BCUT2D eigenvalue weighted by Gasteiger charge is 2.42. The highest BCUT2D eigenvalue weighted by Crippen LogP contribution is 2.44. The summed E-state index contributed by atoms with van der Waals surface area (Å²) in [4.78, 5) is 164. The van der Waals surface area contributed by atoms with Crippen molar-refractivity contribution in [3.8, 4) is 17.2 Å². The van der Waals surface area contributed by atoms with E-state index in [0.29, 0.717) is 171 Å². The number of nitrogens with one attached hydrogen (secondary N) is 2. The Morgan fingerprint density at radius 1 is 0.465 bits per heavy atom. The lowest BCUT2D eigenvalue weighted by Crippen LogP contribution is -2.55. The zero-order chi connectivity index (χ0) is 72.2. The fourth-order valence-corrected chi connectivity index (χ4v) is 12.5. The molecule has 4 rings (SSSR count). The average Bonchev–Trinajstić information content (AvgIpc) is 0.783. The van der Waals surface area contributed by atoms with E-state index in [1.165, 1.54) is 24.3 Å². The maximum atomic E-state index is 13.9. The first-order valence-corrected chi connectivity index (χ1v) is 35.9. The summed E-state index contributed by atoms with van der Waals surface area (Å²) in [6, 6.07) is 0. The van der Waals surface area contributed by atoms with Crippen molar-refractivity contribution in [2.75, 3.05) is 32.7 Å². The number of hydrogen-bond acceptors (Lipinski definition) is 24. The number of ether oxygens (including phenoxy) is 5. The van der Waals surface area contributed by atoms with E-state index >= 15 is 0 Å². The molecule has 0 bridgehead atoms. The Balaban J connectivity index is 1.27. The minimum absolute atomic E-state index is 0.000587. The maximum Gasteiger partial charge on any atom is 0.407 e. The number of unbranched alkanes of at least 4 members (excludes halogenated alkanes) is 17. The number of carbonyl (C=O) groups is 5. The predicted octanol–water partition coefficient (Wildman–Crippen LogP) is 9.57. The van der Waals surface area contributed by atoms with Gasteiger partial charge in [-0.3, -0.25) is 14.4 Å². The minimum atomic E-state index is -1.13. The van der Waals surface area contributed by atoms with Crippen LogP contribution in [0, 0.1) is 5.92 Å². The van der Waals surface area contributed by atoms with Gasteiger partial charge < -0.3 is 49.6 Å². The van der Waals surface area contributed by atoms with Crippen LogP contribution in [0.2, 0.25) is 0 Å². The van der Waals surface area contributed by atoms with Gasteiger partial charge in [0.2, 0.25) is 24.3 Å². The smallest absolute Gasteiger partial charge is 0.407 e. The standard InChI is InChI=1S/C70H105N9O20/c1-4-7-18-32-59(76-49-83)79-69(93)77(42-27-16-14-24-39-73-48-82)68(92)78(70(79)94)43-28-17-15-26-41-74-66(90)98-56-35-33-50(44-57(56)97-61(85)6-3)65(89)95-51-34-36-55(96-60(84)5-2)58(45-51)99-67(91)75-40-25-13-10-21-31-54-63(87)52(29-19-8-11-22-37-71-46-80)62(86)53(64(54)88)30-20-9-12-23-38-72-47-81/h50-51,55-59,86-88H,4-45H2,1-3H3,(H,74,90)(H,75,91). The summed E-state index contributed by atoms with van der Waals surface area (Å²) in [7, 11) is 0. The highest BCUT2D eigenvalue weighted by atomic mass is 16.6. The van der Waals surface area contributed by atoms with Gasteiger partial charge in [0, 0.05) is 68.6 Å². The van der Waals surface area contributed by atoms with Gasteiger partial charge in [0.25, 0.3) is 0 Å². The normalized spacial score (nSPS) is 17.4. The fourth-order valence-electron chi connectivity index (χ4n) is 12.5. The molecule has 0 saturated heterocycles. The Labute approximate surface area is 578 Å². The van der Waals surface area contributed by atoms with E-state index in [0.717, 1.165) is 52.2 Å². The summed E-state index contributed by atoms with van der Waals surface area (Å²) < 4.78 is 31.8. The van der Waals surface area contributed by atoms with E-state index < -0.39 is 89.8 Å². The quantitative estimate of drug-likeness (QED) is 0.0135. The van der Waals surface area contributed by atoms with Crippen molar-refractivity contribution in [1.82, 2.24) is 24.3 Å². The summed E-state index contributed by atoms with van der Waals surface area (Å²) in [6.07, 6.45) is 16.3. The molecule has 2 aliphatic rings. The number of alkyl carbamates (subject to hydrolysis) is 2. The minimum Gasteiger partial charge on any atom is -0.507 e. The third-order valence-corrected chi connectivity index (χ3v) is 18.0. The van der Waals surface area contributed by atoms with Crippen LogP contribution < -0.4 is 27.7 Å². The molecule has 1 aromatic heterocycles. The first-order valence-electron chi connectivity index (χ1n) is 35.9. The summed E-state index contributed by atoms with van der Waals surface area (Å²) >= 11 is 0. The third kappa shape index (κ3) is 29.5. The Bertz CT molecular complexity index is 3190. The second-order valence-electron chi connectivity index (χ2n) is 25.3. The number of phenolic OH excluding ortho intramolecular Hbond substituents is 3. The van der Waals surface area contributed by atoms with Crippen LogP contribution in [0.4, 0.5) is 9.59 Å². The van der Waals surface area contributed by atoms with Gasteiger partial charge in [0.1, 0.15) is 53.9 Å². The molecule has 0 spiro atoms. The molecule has 2 amide bonds. The first kappa shape index (κ1) is 82.9. The number of aliphatic imine (C=N–C) groups is 4. The van der Waals surface area contributed by atoms with E-state index in [-0.39, 0.29) is 94.8 Å². The van der Waals surface area contributed by atoms with Gasteiger partial charge >= 0.3 is 47.2 Å². The van der Waals surface area contributed by atoms with Crippen LogP contribution in [0.1, 0.15) is 249 Å².